The van der Waals surface area contributed by atoms with Crippen molar-refractivity contribution in [2.75, 3.05) is 7.11 Å². The molecule has 4 heteroatoms. The molecule has 0 aliphatic heterocycles. The highest BCUT2D eigenvalue weighted by Crippen LogP contribution is 2.21. The number of nitrogens with zero attached hydrogens (tertiary/aromatic N) is 2. The molecule has 96 valence electrons. The van der Waals surface area contributed by atoms with E-state index < -0.39 is 0 Å². The number of imidazole rings is 1. The molecule has 0 aliphatic carbocycles. The third kappa shape index (κ3) is 2.54. The molecule has 1 aromatic carbocycles. The second kappa shape index (κ2) is 5.69. The molecule has 2 aromatic rings. The van der Waals surface area contributed by atoms with Gasteiger partial charge in [0.15, 0.2) is 0 Å². The summed E-state index contributed by atoms with van der Waals surface area (Å²) in [5.74, 6) is 1.86. The van der Waals surface area contributed by atoms with E-state index in [1.54, 1.807) is 13.3 Å². The van der Waals surface area contributed by atoms with Crippen LogP contribution in [0, 0.1) is 0 Å². The summed E-state index contributed by atoms with van der Waals surface area (Å²) in [6.45, 7) is 3.39. The van der Waals surface area contributed by atoms with Crippen molar-refractivity contribution in [3.63, 3.8) is 0 Å². The highest BCUT2D eigenvalue weighted by atomic mass is 16.5. The summed E-state index contributed by atoms with van der Waals surface area (Å²) < 4.78 is 7.40. The molecule has 2 N–H and O–H groups in total. The van der Waals surface area contributed by atoms with E-state index in [1.165, 1.54) is 11.1 Å². The maximum atomic E-state index is 5.65. The lowest BCUT2D eigenvalue weighted by Crippen LogP contribution is -2.09. The quantitative estimate of drug-likeness (QED) is 0.876. The first-order valence-electron chi connectivity index (χ1n) is 6.14. The maximum absolute atomic E-state index is 5.65. The van der Waals surface area contributed by atoms with Crippen LogP contribution in [0.25, 0.3) is 0 Å². The first kappa shape index (κ1) is 12.6. The van der Waals surface area contributed by atoms with Gasteiger partial charge in [-0.15, -0.1) is 0 Å². The number of ether oxygens (including phenoxy) is 1. The van der Waals surface area contributed by atoms with Gasteiger partial charge in [0.1, 0.15) is 11.6 Å². The van der Waals surface area contributed by atoms with Crippen LogP contribution >= 0.6 is 0 Å². The van der Waals surface area contributed by atoms with Crippen LogP contribution in [-0.4, -0.2) is 16.7 Å². The molecular weight excluding hydrogens is 226 g/mol. The Morgan fingerprint density at radius 3 is 2.89 bits per heavy atom. The maximum Gasteiger partial charge on any atom is 0.122 e. The minimum absolute atomic E-state index is 0.462. The fourth-order valence-electron chi connectivity index (χ4n) is 2.08. The smallest absolute Gasteiger partial charge is 0.122 e. The van der Waals surface area contributed by atoms with E-state index in [2.05, 4.69) is 28.6 Å². The highest BCUT2D eigenvalue weighted by Gasteiger charge is 2.05. The Morgan fingerprint density at radius 1 is 1.39 bits per heavy atom. The van der Waals surface area contributed by atoms with E-state index in [9.17, 15) is 0 Å². The van der Waals surface area contributed by atoms with Crippen molar-refractivity contribution in [1.29, 1.82) is 0 Å². The molecule has 0 bridgehead atoms. The molecule has 1 aromatic heterocycles. The summed E-state index contributed by atoms with van der Waals surface area (Å²) >= 11 is 0. The molecule has 0 atom stereocenters. The Morgan fingerprint density at radius 2 is 2.22 bits per heavy atom. The van der Waals surface area contributed by atoms with Crippen LogP contribution in [0.3, 0.4) is 0 Å². The summed E-state index contributed by atoms with van der Waals surface area (Å²) in [6.07, 6.45) is 4.70. The lowest BCUT2D eigenvalue weighted by Gasteiger charge is -2.11. The van der Waals surface area contributed by atoms with Crippen LogP contribution in [0.5, 0.6) is 5.75 Å². The van der Waals surface area contributed by atoms with Gasteiger partial charge >= 0.3 is 0 Å². The molecule has 0 radical (unpaired) electrons. The molecule has 0 unspecified atom stereocenters. The van der Waals surface area contributed by atoms with Gasteiger partial charge in [-0.05, 0) is 23.6 Å². The van der Waals surface area contributed by atoms with Crippen LogP contribution < -0.4 is 10.5 Å². The first-order chi connectivity index (χ1) is 8.78. The van der Waals surface area contributed by atoms with Gasteiger partial charge in [0.2, 0.25) is 0 Å². The van der Waals surface area contributed by atoms with Crippen LogP contribution in [0.2, 0.25) is 0 Å². The summed E-state index contributed by atoms with van der Waals surface area (Å²) in [4.78, 5) is 4.22. The molecule has 0 saturated carbocycles. The number of benzene rings is 1. The zero-order valence-electron chi connectivity index (χ0n) is 10.9. The lowest BCUT2D eigenvalue weighted by molar-refractivity contribution is 0.410. The van der Waals surface area contributed by atoms with Crippen LogP contribution in [0.1, 0.15) is 23.9 Å². The van der Waals surface area contributed by atoms with Crippen molar-refractivity contribution in [1.82, 2.24) is 9.55 Å². The Bertz CT molecular complexity index is 520. The molecule has 0 saturated heterocycles. The standard InChI is InChI=1S/C14H19N3O/c1-3-12-8-11(4-5-13(12)18-2)10-17-7-6-16-14(17)9-15/h4-8H,3,9-10,15H2,1-2H3. The zero-order valence-corrected chi connectivity index (χ0v) is 10.9. The zero-order chi connectivity index (χ0) is 13.0. The predicted molar refractivity (Wildman–Crippen MR) is 71.6 cm³/mol. The van der Waals surface area contributed by atoms with Crippen molar-refractivity contribution >= 4 is 0 Å². The van der Waals surface area contributed by atoms with Gasteiger partial charge in [0.05, 0.1) is 13.7 Å². The van der Waals surface area contributed by atoms with E-state index in [0.29, 0.717) is 6.54 Å². The molecular formula is C14H19N3O. The number of methoxy groups -OCH3 is 1. The van der Waals surface area contributed by atoms with Gasteiger partial charge < -0.3 is 15.0 Å². The topological polar surface area (TPSA) is 53.1 Å². The Labute approximate surface area is 107 Å². The largest absolute Gasteiger partial charge is 0.496 e. The summed E-state index contributed by atoms with van der Waals surface area (Å²) in [6, 6.07) is 6.28. The van der Waals surface area contributed by atoms with Gasteiger partial charge in [-0.2, -0.15) is 0 Å². The average Bonchev–Trinajstić information content (AvgIpc) is 2.85. The lowest BCUT2D eigenvalue weighted by atomic mass is 10.1. The highest BCUT2D eigenvalue weighted by molar-refractivity contribution is 5.37. The first-order valence-corrected chi connectivity index (χ1v) is 6.14. The Hall–Kier alpha value is -1.81. The van der Waals surface area contributed by atoms with Gasteiger partial charge in [-0.25, -0.2) is 4.98 Å². The Balaban J connectivity index is 2.24. The fourth-order valence-corrected chi connectivity index (χ4v) is 2.08. The van der Waals surface area contributed by atoms with Crippen LogP contribution in [0.15, 0.2) is 30.6 Å². The van der Waals surface area contributed by atoms with Gasteiger partial charge in [0.25, 0.3) is 0 Å². The normalized spacial score (nSPS) is 10.6. The van der Waals surface area contributed by atoms with Crippen molar-refractivity contribution in [2.24, 2.45) is 5.73 Å². The van der Waals surface area contributed by atoms with Crippen molar-refractivity contribution in [3.8, 4) is 5.75 Å². The average molecular weight is 245 g/mol. The number of aryl methyl sites for hydroxylation is 1. The van der Waals surface area contributed by atoms with Crippen molar-refractivity contribution < 1.29 is 4.74 Å². The van der Waals surface area contributed by atoms with E-state index in [0.717, 1.165) is 24.5 Å². The third-order valence-corrected chi connectivity index (χ3v) is 3.06. The summed E-state index contributed by atoms with van der Waals surface area (Å²) in [5.41, 5.74) is 8.11. The second-order valence-electron chi connectivity index (χ2n) is 4.18. The molecule has 0 fully saturated rings. The minimum atomic E-state index is 0.462. The van der Waals surface area contributed by atoms with E-state index in [4.69, 9.17) is 10.5 Å². The SMILES string of the molecule is CCc1cc(Cn2ccnc2CN)ccc1OC. The van der Waals surface area contributed by atoms with Gasteiger partial charge in [-0.1, -0.05) is 19.1 Å². The number of rotatable bonds is 5. The molecule has 0 spiro atoms. The molecule has 4 nitrogen and oxygen atoms in total. The Kier molecular flexibility index (Phi) is 3.99. The van der Waals surface area contributed by atoms with Crippen molar-refractivity contribution in [2.45, 2.75) is 26.4 Å². The molecule has 0 amide bonds. The number of hydrogen-bond acceptors (Lipinski definition) is 3. The number of nitrogens with two attached hydrogens (primary N) is 1. The molecule has 0 aliphatic rings. The predicted octanol–water partition coefficient (Wildman–Crippen LogP) is 1.96. The third-order valence-electron chi connectivity index (χ3n) is 3.06. The molecule has 18 heavy (non-hydrogen) atoms. The fraction of sp³-hybridized carbons (Fsp3) is 0.357. The number of aromatic nitrogens is 2. The van der Waals surface area contributed by atoms with Crippen LogP contribution in [-0.2, 0) is 19.5 Å². The van der Waals surface area contributed by atoms with Crippen LogP contribution in [0.4, 0.5) is 0 Å². The molecule has 1 heterocycles. The summed E-state index contributed by atoms with van der Waals surface area (Å²) in [5, 5.41) is 0. The summed E-state index contributed by atoms with van der Waals surface area (Å²) in [7, 11) is 1.70. The van der Waals surface area contributed by atoms with E-state index >= 15 is 0 Å². The number of hydrogen-bond donors (Lipinski definition) is 1. The van der Waals surface area contributed by atoms with Crippen molar-refractivity contribution in [3.05, 3.63) is 47.5 Å². The van der Waals surface area contributed by atoms with Gasteiger partial charge in [-0.3, -0.25) is 0 Å². The minimum Gasteiger partial charge on any atom is -0.496 e. The molecule has 2 rings (SSSR count). The van der Waals surface area contributed by atoms with E-state index in [1.807, 2.05) is 12.3 Å². The monoisotopic (exact) mass is 245 g/mol. The second-order valence-corrected chi connectivity index (χ2v) is 4.18. The van der Waals surface area contributed by atoms with Gasteiger partial charge in [0, 0.05) is 18.9 Å². The van der Waals surface area contributed by atoms with E-state index in [-0.39, 0.29) is 0 Å².